The third-order valence-corrected chi connectivity index (χ3v) is 5.91. The first-order chi connectivity index (χ1) is 13.8. The van der Waals surface area contributed by atoms with Gasteiger partial charge in [-0.15, -0.1) is 10.2 Å². The molecule has 0 spiro atoms. The number of thioether (sulfide) groups is 1. The first-order valence-electron chi connectivity index (χ1n) is 10.2. The molecule has 158 valence electrons. The number of carbonyl (C=O) groups is 1. The Labute approximate surface area is 177 Å². The van der Waals surface area contributed by atoms with Crippen molar-refractivity contribution in [2.24, 2.45) is 5.92 Å². The van der Waals surface area contributed by atoms with Crippen molar-refractivity contribution in [3.63, 3.8) is 0 Å². The van der Waals surface area contributed by atoms with E-state index in [1.165, 1.54) is 17.3 Å². The van der Waals surface area contributed by atoms with E-state index in [0.29, 0.717) is 19.1 Å². The summed E-state index contributed by atoms with van der Waals surface area (Å²) in [7, 11) is 0. The number of hydrogen-bond acceptors (Lipinski definition) is 6. The van der Waals surface area contributed by atoms with Crippen LogP contribution in [0.4, 0.5) is 11.6 Å². The molecule has 0 saturated carbocycles. The van der Waals surface area contributed by atoms with Gasteiger partial charge >= 0.3 is 0 Å². The van der Waals surface area contributed by atoms with Crippen LogP contribution in [-0.4, -0.2) is 52.2 Å². The van der Waals surface area contributed by atoms with Gasteiger partial charge in [0.05, 0.1) is 18.5 Å². The monoisotopic (exact) mass is 417 g/mol. The summed E-state index contributed by atoms with van der Waals surface area (Å²) in [4.78, 5) is 15.0. The lowest BCUT2D eigenvalue weighted by Crippen LogP contribution is -2.38. The summed E-state index contributed by atoms with van der Waals surface area (Å²) in [5.41, 5.74) is 3.10. The molecule has 1 fully saturated rings. The summed E-state index contributed by atoms with van der Waals surface area (Å²) in [5.74, 6) is 1.28. The van der Waals surface area contributed by atoms with Crippen LogP contribution in [0.2, 0.25) is 0 Å². The molecule has 0 radical (unpaired) electrons. The fourth-order valence-corrected chi connectivity index (χ4v) is 4.14. The average molecular weight is 418 g/mol. The fourth-order valence-electron chi connectivity index (χ4n) is 3.29. The Morgan fingerprint density at radius 3 is 2.59 bits per heavy atom. The number of morpholine rings is 1. The Bertz CT molecular complexity index is 846. The lowest BCUT2D eigenvalue weighted by Gasteiger charge is -2.28. The molecule has 2 aromatic rings. The summed E-state index contributed by atoms with van der Waals surface area (Å²) in [6, 6.07) is 6.04. The summed E-state index contributed by atoms with van der Waals surface area (Å²) in [6.07, 6.45) is 0. The second-order valence-electron chi connectivity index (χ2n) is 7.95. The van der Waals surface area contributed by atoms with Gasteiger partial charge in [-0.1, -0.05) is 43.3 Å². The number of carbonyl (C=O) groups excluding carboxylic acids is 1. The summed E-state index contributed by atoms with van der Waals surface area (Å²) in [5, 5.41) is 12.4. The zero-order valence-corrected chi connectivity index (χ0v) is 18.8. The summed E-state index contributed by atoms with van der Waals surface area (Å²) >= 11 is 1.45. The molecule has 7 nitrogen and oxygen atoms in total. The maximum atomic E-state index is 12.8. The Kier molecular flexibility index (Phi) is 7.18. The molecule has 1 aromatic heterocycles. The Morgan fingerprint density at radius 2 is 1.93 bits per heavy atom. The molecule has 0 bridgehead atoms. The molecule has 1 saturated heterocycles. The number of anilines is 2. The van der Waals surface area contributed by atoms with Crippen LogP contribution in [0, 0.1) is 19.8 Å². The SMILES string of the molecule is Cc1ccc(NC(=O)[C@H](C)Sc2nnc(N3CCOCC3)n2CC(C)C)c(C)c1. The van der Waals surface area contributed by atoms with E-state index >= 15 is 0 Å². The van der Waals surface area contributed by atoms with Crippen molar-refractivity contribution >= 4 is 29.3 Å². The molecule has 0 unspecified atom stereocenters. The number of nitrogens with one attached hydrogen (secondary N) is 1. The van der Waals surface area contributed by atoms with E-state index in [9.17, 15) is 4.79 Å². The third-order valence-electron chi connectivity index (χ3n) is 4.83. The van der Waals surface area contributed by atoms with E-state index in [0.717, 1.165) is 42.0 Å². The highest BCUT2D eigenvalue weighted by atomic mass is 32.2. The van der Waals surface area contributed by atoms with Crippen molar-refractivity contribution in [3.05, 3.63) is 29.3 Å². The molecule has 1 N–H and O–H groups in total. The molecule has 1 aliphatic heterocycles. The van der Waals surface area contributed by atoms with Crippen molar-refractivity contribution in [2.75, 3.05) is 36.5 Å². The molecule has 0 aliphatic carbocycles. The quantitative estimate of drug-likeness (QED) is 0.695. The Morgan fingerprint density at radius 1 is 1.21 bits per heavy atom. The molecule has 3 rings (SSSR count). The topological polar surface area (TPSA) is 72.3 Å². The molecule has 1 aromatic carbocycles. The van der Waals surface area contributed by atoms with Gasteiger partial charge in [0.2, 0.25) is 11.9 Å². The van der Waals surface area contributed by atoms with E-state index in [4.69, 9.17) is 4.74 Å². The molecule has 1 atom stereocenters. The van der Waals surface area contributed by atoms with Gasteiger partial charge in [0.25, 0.3) is 0 Å². The minimum atomic E-state index is -0.289. The summed E-state index contributed by atoms with van der Waals surface area (Å²) in [6.45, 7) is 14.1. The Balaban J connectivity index is 1.73. The third kappa shape index (κ3) is 5.51. The number of hydrogen-bond donors (Lipinski definition) is 1. The lowest BCUT2D eigenvalue weighted by molar-refractivity contribution is -0.115. The van der Waals surface area contributed by atoms with E-state index in [1.54, 1.807) is 0 Å². The second kappa shape index (κ2) is 9.63. The van der Waals surface area contributed by atoms with Gasteiger partial charge in [-0.2, -0.15) is 0 Å². The predicted octanol–water partition coefficient (Wildman–Crippen LogP) is 3.51. The number of aromatic nitrogens is 3. The van der Waals surface area contributed by atoms with E-state index in [-0.39, 0.29) is 11.2 Å². The minimum absolute atomic E-state index is 0.0334. The van der Waals surface area contributed by atoms with Crippen molar-refractivity contribution in [2.45, 2.75) is 51.6 Å². The van der Waals surface area contributed by atoms with Crippen LogP contribution in [0.15, 0.2) is 23.4 Å². The van der Waals surface area contributed by atoms with Gasteiger partial charge in [0.1, 0.15) is 0 Å². The highest BCUT2D eigenvalue weighted by Gasteiger charge is 2.24. The fraction of sp³-hybridized carbons (Fsp3) is 0.571. The van der Waals surface area contributed by atoms with Crippen LogP contribution >= 0.6 is 11.8 Å². The number of ether oxygens (including phenoxy) is 1. The average Bonchev–Trinajstić information content (AvgIpc) is 3.06. The smallest absolute Gasteiger partial charge is 0.237 e. The molecular formula is C21H31N5O2S. The van der Waals surface area contributed by atoms with Crippen molar-refractivity contribution in [1.29, 1.82) is 0 Å². The normalized spacial score (nSPS) is 15.6. The van der Waals surface area contributed by atoms with Crippen molar-refractivity contribution in [1.82, 2.24) is 14.8 Å². The predicted molar refractivity (Wildman–Crippen MR) is 118 cm³/mol. The van der Waals surface area contributed by atoms with Crippen molar-refractivity contribution < 1.29 is 9.53 Å². The minimum Gasteiger partial charge on any atom is -0.378 e. The highest BCUT2D eigenvalue weighted by Crippen LogP contribution is 2.28. The van der Waals surface area contributed by atoms with Crippen LogP contribution in [0.25, 0.3) is 0 Å². The standard InChI is InChI=1S/C21H31N5O2S/c1-14(2)13-26-20(25-8-10-28-11-9-25)23-24-21(26)29-17(5)19(27)22-18-7-6-15(3)12-16(18)4/h6-7,12,14,17H,8-11,13H2,1-5H3,(H,22,27)/t17-/m0/s1. The van der Waals surface area contributed by atoms with Crippen molar-refractivity contribution in [3.8, 4) is 0 Å². The number of amides is 1. The number of aryl methyl sites for hydroxylation is 2. The second-order valence-corrected chi connectivity index (χ2v) is 9.26. The van der Waals surface area contributed by atoms with E-state index in [1.807, 2.05) is 32.9 Å². The van der Waals surface area contributed by atoms with Gasteiger partial charge < -0.3 is 15.0 Å². The number of nitrogens with zero attached hydrogens (tertiary/aromatic N) is 4. The largest absolute Gasteiger partial charge is 0.378 e. The maximum Gasteiger partial charge on any atom is 0.237 e. The van der Waals surface area contributed by atoms with Crippen LogP contribution in [0.5, 0.6) is 0 Å². The van der Waals surface area contributed by atoms with Gasteiger partial charge in [-0.05, 0) is 38.3 Å². The lowest BCUT2D eigenvalue weighted by atomic mass is 10.1. The zero-order valence-electron chi connectivity index (χ0n) is 17.9. The van der Waals surface area contributed by atoms with Gasteiger partial charge in [-0.25, -0.2) is 0 Å². The van der Waals surface area contributed by atoms with Gasteiger partial charge in [0, 0.05) is 25.3 Å². The van der Waals surface area contributed by atoms with Gasteiger partial charge in [-0.3, -0.25) is 9.36 Å². The molecular weight excluding hydrogens is 386 g/mol. The first-order valence-corrected chi connectivity index (χ1v) is 11.0. The van der Waals surface area contributed by atoms with Crippen LogP contribution in [-0.2, 0) is 16.1 Å². The van der Waals surface area contributed by atoms with Gasteiger partial charge in [0.15, 0.2) is 5.16 Å². The van der Waals surface area contributed by atoms with E-state index in [2.05, 4.69) is 44.9 Å². The summed E-state index contributed by atoms with van der Waals surface area (Å²) < 4.78 is 7.60. The Hall–Kier alpha value is -2.06. The molecule has 8 heteroatoms. The number of benzene rings is 1. The zero-order chi connectivity index (χ0) is 21.0. The van der Waals surface area contributed by atoms with Crippen LogP contribution < -0.4 is 10.2 Å². The number of rotatable bonds is 7. The first kappa shape index (κ1) is 21.6. The van der Waals surface area contributed by atoms with E-state index < -0.39 is 0 Å². The van der Waals surface area contributed by atoms with Crippen LogP contribution in [0.3, 0.4) is 0 Å². The molecule has 2 heterocycles. The highest BCUT2D eigenvalue weighted by molar-refractivity contribution is 8.00. The molecule has 1 amide bonds. The molecule has 1 aliphatic rings. The molecule has 29 heavy (non-hydrogen) atoms. The maximum absolute atomic E-state index is 12.8. The van der Waals surface area contributed by atoms with Crippen LogP contribution in [0.1, 0.15) is 31.9 Å².